The number of imidazole rings is 1. The van der Waals surface area contributed by atoms with E-state index in [-0.39, 0.29) is 11.5 Å². The number of nitrogens with zero attached hydrogens (tertiary/aromatic N) is 5. The van der Waals surface area contributed by atoms with Gasteiger partial charge in [-0.1, -0.05) is 5.92 Å². The molecule has 0 spiro atoms. The molecule has 3 aromatic rings. The number of H-pyrrole nitrogens is 1. The molecular formula is C25H24F3N7O3. The summed E-state index contributed by atoms with van der Waals surface area (Å²) in [5.74, 6) is 4.75. The average Bonchev–Trinajstić information content (AvgIpc) is 3.43. The largest absolute Gasteiger partial charge is 0.491 e. The van der Waals surface area contributed by atoms with E-state index in [2.05, 4.69) is 42.0 Å². The third kappa shape index (κ3) is 7.30. The van der Waals surface area contributed by atoms with Gasteiger partial charge in [-0.2, -0.15) is 13.2 Å². The molecule has 0 saturated carbocycles. The first kappa shape index (κ1) is 26.6. The molecule has 1 aromatic carbocycles. The Bertz CT molecular complexity index is 1310. The molecule has 198 valence electrons. The molecule has 1 fully saturated rings. The van der Waals surface area contributed by atoms with Gasteiger partial charge in [-0.05, 0) is 24.6 Å². The van der Waals surface area contributed by atoms with Crippen LogP contribution in [0.2, 0.25) is 0 Å². The van der Waals surface area contributed by atoms with E-state index in [0.29, 0.717) is 49.2 Å². The van der Waals surface area contributed by atoms with E-state index >= 15 is 0 Å². The molecule has 1 aliphatic heterocycles. The second kappa shape index (κ2) is 12.2. The first-order valence-corrected chi connectivity index (χ1v) is 11.7. The smallest absolute Gasteiger partial charge is 0.432 e. The molecule has 1 saturated heterocycles. The molecule has 3 heterocycles. The van der Waals surface area contributed by atoms with Crippen LogP contribution in [-0.4, -0.2) is 81.4 Å². The number of nitrogens with one attached hydrogen (secondary N) is 2. The fraction of sp³-hybridized carbons (Fsp3) is 0.320. The van der Waals surface area contributed by atoms with Gasteiger partial charge < -0.3 is 19.9 Å². The molecule has 1 aliphatic rings. The Kier molecular flexibility index (Phi) is 8.55. The summed E-state index contributed by atoms with van der Waals surface area (Å²) in [6.07, 6.45) is 1.93. The highest BCUT2D eigenvalue weighted by Gasteiger charge is 2.33. The maximum absolute atomic E-state index is 13.0. The zero-order valence-corrected chi connectivity index (χ0v) is 20.2. The van der Waals surface area contributed by atoms with Crippen molar-refractivity contribution < 1.29 is 27.5 Å². The summed E-state index contributed by atoms with van der Waals surface area (Å²) in [7, 11) is 0. The monoisotopic (exact) mass is 527 g/mol. The lowest BCUT2D eigenvalue weighted by molar-refractivity contribution is -0.140. The Balaban J connectivity index is 1.45. The van der Waals surface area contributed by atoms with Gasteiger partial charge in [-0.3, -0.25) is 14.5 Å². The van der Waals surface area contributed by atoms with E-state index in [1.165, 1.54) is 24.8 Å². The van der Waals surface area contributed by atoms with Crippen molar-refractivity contribution in [2.45, 2.75) is 12.6 Å². The molecule has 0 atom stereocenters. The molecule has 2 amide bonds. The lowest BCUT2D eigenvalue weighted by Gasteiger charge is -2.32. The maximum atomic E-state index is 13.0. The Labute approximate surface area is 216 Å². The maximum Gasteiger partial charge on any atom is 0.432 e. The van der Waals surface area contributed by atoms with E-state index < -0.39 is 17.8 Å². The number of anilines is 1. The number of aromatic amines is 1. The number of carbonyl (C=O) groups is 2. The van der Waals surface area contributed by atoms with Crippen molar-refractivity contribution in [2.24, 2.45) is 0 Å². The molecular weight excluding hydrogens is 503 g/mol. The molecule has 4 rings (SSSR count). The topological polar surface area (TPSA) is 116 Å². The van der Waals surface area contributed by atoms with E-state index in [9.17, 15) is 22.8 Å². The summed E-state index contributed by atoms with van der Waals surface area (Å²) < 4.78 is 44.9. The first-order valence-electron chi connectivity index (χ1n) is 11.7. The van der Waals surface area contributed by atoms with Gasteiger partial charge in [0.25, 0.3) is 0 Å². The lowest BCUT2D eigenvalue weighted by Crippen LogP contribution is -2.46. The van der Waals surface area contributed by atoms with Crippen molar-refractivity contribution in [1.82, 2.24) is 29.7 Å². The summed E-state index contributed by atoms with van der Waals surface area (Å²) in [5, 5.41) is 2.64. The number of carbonyl (C=O) groups excluding carboxylic acids is 2. The SMILES string of the molecule is O=CN1CCN(CCCOc2ccc(-c3ncc(C(F)(F)F)[nH]3)cc2NC(=O)C#Cc2cncnc2)CC1. The normalized spacial score (nSPS) is 13.9. The highest BCUT2D eigenvalue weighted by atomic mass is 19.4. The van der Waals surface area contributed by atoms with Gasteiger partial charge in [0.15, 0.2) is 0 Å². The van der Waals surface area contributed by atoms with Crippen LogP contribution in [-0.2, 0) is 15.8 Å². The molecule has 0 unspecified atom stereocenters. The van der Waals surface area contributed by atoms with Gasteiger partial charge in [0.1, 0.15) is 23.6 Å². The van der Waals surface area contributed by atoms with Crippen molar-refractivity contribution in [3.05, 3.63) is 54.4 Å². The standard InChI is InChI=1S/C25H24F3N7O3/c26-25(27,28)22-15-31-24(33-22)19-3-4-21(38-11-1-6-34-7-9-35(17-36)10-8-34)20(12-19)32-23(37)5-2-18-13-29-16-30-14-18/h3-4,12-17H,1,6-11H2,(H,31,33)(H,32,37). The molecule has 2 N–H and O–H groups in total. The van der Waals surface area contributed by atoms with Crippen LogP contribution in [0.3, 0.4) is 0 Å². The number of alkyl halides is 3. The second-order valence-electron chi connectivity index (χ2n) is 8.37. The van der Waals surface area contributed by atoms with Crippen LogP contribution >= 0.6 is 0 Å². The molecule has 0 aliphatic carbocycles. The van der Waals surface area contributed by atoms with Crippen molar-refractivity contribution >= 4 is 18.0 Å². The summed E-state index contributed by atoms with van der Waals surface area (Å²) in [4.78, 5) is 41.1. The van der Waals surface area contributed by atoms with Gasteiger partial charge in [0, 0.05) is 56.6 Å². The third-order valence-corrected chi connectivity index (χ3v) is 5.70. The zero-order valence-electron chi connectivity index (χ0n) is 20.2. The predicted octanol–water partition coefficient (Wildman–Crippen LogP) is 2.42. The number of aromatic nitrogens is 4. The Hall–Kier alpha value is -4.44. The van der Waals surface area contributed by atoms with Crippen LogP contribution in [0.5, 0.6) is 5.75 Å². The molecule has 38 heavy (non-hydrogen) atoms. The van der Waals surface area contributed by atoms with E-state index in [1.807, 2.05) is 0 Å². The Morgan fingerprint density at radius 1 is 1.16 bits per heavy atom. The van der Waals surface area contributed by atoms with Crippen LogP contribution in [0, 0.1) is 11.8 Å². The van der Waals surface area contributed by atoms with E-state index in [0.717, 1.165) is 26.0 Å². The number of rotatable bonds is 8. The van der Waals surface area contributed by atoms with Crippen LogP contribution in [0.15, 0.2) is 43.1 Å². The number of halogens is 3. The van der Waals surface area contributed by atoms with Crippen molar-refractivity contribution in [2.75, 3.05) is 44.6 Å². The number of piperazine rings is 1. The molecule has 2 aromatic heterocycles. The summed E-state index contributed by atoms with van der Waals surface area (Å²) in [6.45, 7) is 4.03. The van der Waals surface area contributed by atoms with E-state index in [1.54, 1.807) is 17.0 Å². The number of benzene rings is 1. The summed E-state index contributed by atoms with van der Waals surface area (Å²) >= 11 is 0. The molecule has 0 bridgehead atoms. The summed E-state index contributed by atoms with van der Waals surface area (Å²) in [6, 6.07) is 4.58. The minimum absolute atomic E-state index is 0.0126. The Morgan fingerprint density at radius 3 is 2.61 bits per heavy atom. The van der Waals surface area contributed by atoms with Crippen molar-refractivity contribution in [3.8, 4) is 29.0 Å². The average molecular weight is 528 g/mol. The zero-order chi connectivity index (χ0) is 27.0. The first-order chi connectivity index (χ1) is 18.3. The minimum atomic E-state index is -4.57. The van der Waals surface area contributed by atoms with Gasteiger partial charge in [-0.15, -0.1) is 0 Å². The van der Waals surface area contributed by atoms with Gasteiger partial charge in [0.05, 0.1) is 24.1 Å². The van der Waals surface area contributed by atoms with Crippen molar-refractivity contribution in [3.63, 3.8) is 0 Å². The number of ether oxygens (including phenoxy) is 1. The van der Waals surface area contributed by atoms with Crippen LogP contribution in [0.4, 0.5) is 18.9 Å². The highest BCUT2D eigenvalue weighted by Crippen LogP contribution is 2.33. The Morgan fingerprint density at radius 2 is 1.92 bits per heavy atom. The fourth-order valence-corrected chi connectivity index (χ4v) is 3.72. The van der Waals surface area contributed by atoms with Crippen LogP contribution < -0.4 is 10.1 Å². The minimum Gasteiger partial charge on any atom is -0.491 e. The van der Waals surface area contributed by atoms with Gasteiger partial charge >= 0.3 is 12.1 Å². The summed E-state index contributed by atoms with van der Waals surface area (Å²) in [5.41, 5.74) is 0.0109. The second-order valence-corrected chi connectivity index (χ2v) is 8.37. The fourth-order valence-electron chi connectivity index (χ4n) is 3.72. The number of hydrogen-bond acceptors (Lipinski definition) is 7. The molecule has 13 heteroatoms. The number of hydrogen-bond donors (Lipinski definition) is 2. The van der Waals surface area contributed by atoms with Crippen LogP contribution in [0.1, 0.15) is 17.7 Å². The number of amides is 2. The molecule has 0 radical (unpaired) electrons. The molecule has 10 nitrogen and oxygen atoms in total. The van der Waals surface area contributed by atoms with E-state index in [4.69, 9.17) is 4.74 Å². The van der Waals surface area contributed by atoms with Gasteiger partial charge in [0.2, 0.25) is 6.41 Å². The highest BCUT2D eigenvalue weighted by molar-refractivity contribution is 6.05. The lowest BCUT2D eigenvalue weighted by atomic mass is 10.1. The third-order valence-electron chi connectivity index (χ3n) is 5.70. The van der Waals surface area contributed by atoms with Crippen LogP contribution in [0.25, 0.3) is 11.4 Å². The predicted molar refractivity (Wildman–Crippen MR) is 131 cm³/mol. The van der Waals surface area contributed by atoms with Crippen molar-refractivity contribution in [1.29, 1.82) is 0 Å². The quantitative estimate of drug-likeness (QED) is 0.263. The van der Waals surface area contributed by atoms with Gasteiger partial charge in [-0.25, -0.2) is 15.0 Å².